The molecule has 0 aromatic heterocycles. The molecule has 2 amide bonds. The van der Waals surface area contributed by atoms with Gasteiger partial charge in [0.2, 0.25) is 5.91 Å². The second-order valence-corrected chi connectivity index (χ2v) is 8.03. The van der Waals surface area contributed by atoms with Gasteiger partial charge in [-0.1, -0.05) is 0 Å². The second-order valence-electron chi connectivity index (χ2n) is 8.03. The molecule has 1 aromatic carbocycles. The van der Waals surface area contributed by atoms with Gasteiger partial charge in [0.1, 0.15) is 17.7 Å². The van der Waals surface area contributed by atoms with E-state index in [4.69, 9.17) is 4.74 Å². The number of piperidine rings is 1. The second kappa shape index (κ2) is 7.19. The molecule has 3 fully saturated rings. The zero-order valence-electron chi connectivity index (χ0n) is 15.3. The Morgan fingerprint density at radius 2 is 1.89 bits per heavy atom. The molecule has 7 heteroatoms. The van der Waals surface area contributed by atoms with E-state index in [0.717, 1.165) is 31.7 Å². The van der Waals surface area contributed by atoms with Crippen molar-refractivity contribution in [3.05, 3.63) is 35.4 Å². The highest BCUT2D eigenvalue weighted by atomic mass is 19.1. The van der Waals surface area contributed by atoms with E-state index in [9.17, 15) is 18.4 Å². The number of halogens is 2. The zero-order chi connectivity index (χ0) is 19.0. The fourth-order valence-corrected chi connectivity index (χ4v) is 4.56. The van der Waals surface area contributed by atoms with Gasteiger partial charge in [0.15, 0.2) is 0 Å². The molecule has 3 saturated heterocycles. The molecule has 0 bridgehead atoms. The van der Waals surface area contributed by atoms with Crippen molar-refractivity contribution in [3.8, 4) is 0 Å². The Kier molecular flexibility index (Phi) is 4.88. The third-order valence-corrected chi connectivity index (χ3v) is 6.04. The van der Waals surface area contributed by atoms with Gasteiger partial charge in [-0.2, -0.15) is 0 Å². The van der Waals surface area contributed by atoms with E-state index in [-0.39, 0.29) is 29.9 Å². The highest BCUT2D eigenvalue weighted by Crippen LogP contribution is 2.41. The summed E-state index contributed by atoms with van der Waals surface area (Å²) in [5, 5.41) is 0. The number of amides is 2. The van der Waals surface area contributed by atoms with Gasteiger partial charge in [-0.3, -0.25) is 9.59 Å². The number of hydrogen-bond donors (Lipinski definition) is 0. The van der Waals surface area contributed by atoms with Gasteiger partial charge in [-0.05, 0) is 43.4 Å². The third-order valence-electron chi connectivity index (χ3n) is 6.04. The zero-order valence-corrected chi connectivity index (χ0v) is 15.3. The number of carbonyl (C=O) groups excluding carboxylic acids is 2. The molecule has 27 heavy (non-hydrogen) atoms. The Balaban J connectivity index is 1.37. The van der Waals surface area contributed by atoms with Crippen LogP contribution in [-0.2, 0) is 20.9 Å². The molecule has 4 rings (SSSR count). The van der Waals surface area contributed by atoms with Crippen molar-refractivity contribution in [2.45, 2.75) is 44.8 Å². The molecule has 1 atom stereocenters. The lowest BCUT2D eigenvalue weighted by Crippen LogP contribution is -2.47. The minimum atomic E-state index is -0.632. The van der Waals surface area contributed by atoms with Crippen LogP contribution in [0, 0.1) is 17.0 Å². The summed E-state index contributed by atoms with van der Waals surface area (Å²) in [6, 6.07) is 3.37. The summed E-state index contributed by atoms with van der Waals surface area (Å²) < 4.78 is 32.3. The normalized spacial score (nSPS) is 24.8. The summed E-state index contributed by atoms with van der Waals surface area (Å²) in [5.74, 6) is -1.18. The van der Waals surface area contributed by atoms with Gasteiger partial charge in [0.05, 0.1) is 0 Å². The Labute approximate surface area is 157 Å². The van der Waals surface area contributed by atoms with Crippen LogP contribution in [0.1, 0.15) is 37.7 Å². The van der Waals surface area contributed by atoms with E-state index in [0.29, 0.717) is 38.2 Å². The number of ether oxygens (including phenoxy) is 1. The molecule has 0 radical (unpaired) electrons. The number of rotatable bonds is 3. The van der Waals surface area contributed by atoms with Gasteiger partial charge >= 0.3 is 0 Å². The maximum absolute atomic E-state index is 13.4. The standard InChI is InChI=1S/C20H24F2N2O3/c21-15-8-14(9-16(22)10-15)12-24-13-20(11-18(24)25)3-5-23(6-4-20)19(26)17-2-1-7-27-17/h8-10,17H,1-7,11-13H2. The van der Waals surface area contributed by atoms with Crippen molar-refractivity contribution in [2.75, 3.05) is 26.2 Å². The first-order valence-corrected chi connectivity index (χ1v) is 9.57. The number of carbonyl (C=O) groups is 2. The Bertz CT molecular complexity index is 720. The maximum atomic E-state index is 13.4. The quantitative estimate of drug-likeness (QED) is 0.812. The van der Waals surface area contributed by atoms with Crippen LogP contribution < -0.4 is 0 Å². The van der Waals surface area contributed by atoms with E-state index in [1.807, 2.05) is 4.90 Å². The van der Waals surface area contributed by atoms with Crippen molar-refractivity contribution in [2.24, 2.45) is 5.41 Å². The highest BCUT2D eigenvalue weighted by molar-refractivity contribution is 5.82. The van der Waals surface area contributed by atoms with Crippen LogP contribution in [0.5, 0.6) is 0 Å². The lowest BCUT2D eigenvalue weighted by molar-refractivity contribution is -0.143. The van der Waals surface area contributed by atoms with Crippen LogP contribution in [0.15, 0.2) is 18.2 Å². The fraction of sp³-hybridized carbons (Fsp3) is 0.600. The average Bonchev–Trinajstić information content (AvgIpc) is 3.23. The first kappa shape index (κ1) is 18.3. The van der Waals surface area contributed by atoms with Crippen molar-refractivity contribution in [1.29, 1.82) is 0 Å². The number of likely N-dealkylation sites (tertiary alicyclic amines) is 2. The first-order chi connectivity index (χ1) is 12.9. The molecule has 0 N–H and O–H groups in total. The average molecular weight is 378 g/mol. The summed E-state index contributed by atoms with van der Waals surface area (Å²) in [6.45, 7) is 2.71. The molecular formula is C20H24F2N2O3. The van der Waals surface area contributed by atoms with E-state index in [1.54, 1.807) is 4.90 Å². The lowest BCUT2D eigenvalue weighted by atomic mass is 9.77. The minimum Gasteiger partial charge on any atom is -0.368 e. The van der Waals surface area contributed by atoms with Gasteiger partial charge in [0, 0.05) is 50.7 Å². The van der Waals surface area contributed by atoms with Crippen molar-refractivity contribution in [1.82, 2.24) is 9.80 Å². The Hall–Kier alpha value is -2.02. The SMILES string of the molecule is O=C1CC2(CCN(C(=O)C3CCCO3)CC2)CN1Cc1cc(F)cc(F)c1. The summed E-state index contributed by atoms with van der Waals surface area (Å²) in [6.07, 6.45) is 3.39. The molecule has 3 heterocycles. The molecule has 1 spiro atoms. The third kappa shape index (κ3) is 3.83. The first-order valence-electron chi connectivity index (χ1n) is 9.57. The minimum absolute atomic E-state index is 0.0126. The van der Waals surface area contributed by atoms with Gasteiger partial charge in [-0.15, -0.1) is 0 Å². The fourth-order valence-electron chi connectivity index (χ4n) is 4.56. The largest absolute Gasteiger partial charge is 0.368 e. The van der Waals surface area contributed by atoms with Crippen LogP contribution in [0.4, 0.5) is 8.78 Å². The lowest BCUT2D eigenvalue weighted by Gasteiger charge is -2.39. The number of benzene rings is 1. The van der Waals surface area contributed by atoms with E-state index in [2.05, 4.69) is 0 Å². The molecule has 5 nitrogen and oxygen atoms in total. The highest BCUT2D eigenvalue weighted by Gasteiger charge is 2.46. The summed E-state index contributed by atoms with van der Waals surface area (Å²) in [4.78, 5) is 28.5. The maximum Gasteiger partial charge on any atom is 0.251 e. The predicted molar refractivity (Wildman–Crippen MR) is 93.6 cm³/mol. The number of hydrogen-bond acceptors (Lipinski definition) is 3. The van der Waals surface area contributed by atoms with Gasteiger partial charge in [0.25, 0.3) is 5.91 Å². The van der Waals surface area contributed by atoms with Crippen molar-refractivity contribution >= 4 is 11.8 Å². The Morgan fingerprint density at radius 1 is 1.19 bits per heavy atom. The van der Waals surface area contributed by atoms with Crippen molar-refractivity contribution in [3.63, 3.8) is 0 Å². The van der Waals surface area contributed by atoms with Gasteiger partial charge < -0.3 is 14.5 Å². The molecule has 146 valence electrons. The topological polar surface area (TPSA) is 49.9 Å². The van der Waals surface area contributed by atoms with E-state index in [1.165, 1.54) is 12.1 Å². The molecule has 0 saturated carbocycles. The summed E-state index contributed by atoms with van der Waals surface area (Å²) in [7, 11) is 0. The molecular weight excluding hydrogens is 354 g/mol. The molecule has 3 aliphatic rings. The van der Waals surface area contributed by atoms with Crippen LogP contribution in [0.2, 0.25) is 0 Å². The Morgan fingerprint density at radius 3 is 2.52 bits per heavy atom. The van der Waals surface area contributed by atoms with Crippen LogP contribution >= 0.6 is 0 Å². The molecule has 1 unspecified atom stereocenters. The summed E-state index contributed by atoms with van der Waals surface area (Å²) in [5.41, 5.74) is 0.319. The number of nitrogens with zero attached hydrogens (tertiary/aromatic N) is 2. The van der Waals surface area contributed by atoms with E-state index < -0.39 is 11.6 Å². The van der Waals surface area contributed by atoms with Gasteiger partial charge in [-0.25, -0.2) is 8.78 Å². The van der Waals surface area contributed by atoms with Crippen molar-refractivity contribution < 1.29 is 23.1 Å². The smallest absolute Gasteiger partial charge is 0.251 e. The van der Waals surface area contributed by atoms with Crippen LogP contribution in [-0.4, -0.2) is 54.0 Å². The predicted octanol–water partition coefficient (Wildman–Crippen LogP) is 2.48. The van der Waals surface area contributed by atoms with Crippen LogP contribution in [0.25, 0.3) is 0 Å². The molecule has 1 aromatic rings. The summed E-state index contributed by atoms with van der Waals surface area (Å²) >= 11 is 0. The van der Waals surface area contributed by atoms with Crippen LogP contribution in [0.3, 0.4) is 0 Å². The molecule has 3 aliphatic heterocycles. The van der Waals surface area contributed by atoms with E-state index >= 15 is 0 Å². The monoisotopic (exact) mass is 378 g/mol. The molecule has 0 aliphatic carbocycles.